The Hall–Kier alpha value is -1.90. The Morgan fingerprint density at radius 2 is 1.94 bits per heavy atom. The molecular formula is C24H30O5S2Si. The van der Waals surface area contributed by atoms with Gasteiger partial charge in [0.25, 0.3) is 0 Å². The molecule has 172 valence electrons. The molecule has 32 heavy (non-hydrogen) atoms. The van der Waals surface area contributed by atoms with Gasteiger partial charge in [-0.3, -0.25) is 4.79 Å². The van der Waals surface area contributed by atoms with Crippen molar-refractivity contribution in [2.75, 3.05) is 5.75 Å². The first-order chi connectivity index (χ1) is 15.1. The largest absolute Gasteiger partial charge is 0.481 e. The molecule has 5 nitrogen and oxygen atoms in total. The minimum Gasteiger partial charge on any atom is -0.481 e. The summed E-state index contributed by atoms with van der Waals surface area (Å²) in [5.74, 6) is -1.21. The van der Waals surface area contributed by atoms with Gasteiger partial charge in [-0.15, -0.1) is 11.3 Å². The van der Waals surface area contributed by atoms with E-state index in [1.807, 2.05) is 36.4 Å². The third-order valence-corrected chi connectivity index (χ3v) is 12.4. The predicted octanol–water partition coefficient (Wildman–Crippen LogP) is 6.38. The molecule has 0 saturated carbocycles. The minimum absolute atomic E-state index is 0.0423. The second kappa shape index (κ2) is 8.46. The number of fused-ring (bicyclic) bond motifs is 1. The highest BCUT2D eigenvalue weighted by atomic mass is 32.2. The Labute approximate surface area is 194 Å². The molecule has 0 radical (unpaired) electrons. The zero-order chi connectivity index (χ0) is 23.1. The SMILES string of the molecule is C[Si](C)(C)CCC(C(=O)O)[C@]1(c2ccc(-c3occ4ccccc34)s2)CCCCS1(=O)=O. The average molecular weight is 491 g/mol. The molecule has 1 N–H and O–H groups in total. The van der Waals surface area contributed by atoms with Crippen molar-refractivity contribution in [3.05, 3.63) is 47.5 Å². The minimum atomic E-state index is -3.63. The molecule has 0 bridgehead atoms. The molecule has 4 rings (SSSR count). The lowest BCUT2D eigenvalue weighted by molar-refractivity contribution is -0.143. The molecule has 1 aliphatic heterocycles. The molecule has 1 unspecified atom stereocenters. The van der Waals surface area contributed by atoms with Crippen LogP contribution in [0.3, 0.4) is 0 Å². The van der Waals surface area contributed by atoms with Crippen molar-refractivity contribution in [1.29, 1.82) is 0 Å². The van der Waals surface area contributed by atoms with Crippen LogP contribution in [0.5, 0.6) is 0 Å². The van der Waals surface area contributed by atoms with E-state index in [0.717, 1.165) is 21.7 Å². The zero-order valence-electron chi connectivity index (χ0n) is 18.8. The van der Waals surface area contributed by atoms with E-state index >= 15 is 0 Å². The lowest BCUT2D eigenvalue weighted by atomic mass is 9.83. The van der Waals surface area contributed by atoms with Crippen LogP contribution in [0.4, 0.5) is 0 Å². The van der Waals surface area contributed by atoms with Gasteiger partial charge in [0, 0.05) is 23.7 Å². The molecule has 2 atom stereocenters. The number of aliphatic carboxylic acids is 1. The predicted molar refractivity (Wildman–Crippen MR) is 133 cm³/mol. The monoisotopic (exact) mass is 490 g/mol. The van der Waals surface area contributed by atoms with E-state index in [2.05, 4.69) is 19.6 Å². The van der Waals surface area contributed by atoms with E-state index < -0.39 is 34.5 Å². The zero-order valence-corrected chi connectivity index (χ0v) is 21.4. The van der Waals surface area contributed by atoms with Crippen molar-refractivity contribution in [2.45, 2.75) is 56.1 Å². The lowest BCUT2D eigenvalue weighted by Gasteiger charge is -2.41. The summed E-state index contributed by atoms with van der Waals surface area (Å²) >= 11 is 1.37. The number of carboxylic acid groups (broad SMARTS) is 1. The number of thiophene rings is 1. The van der Waals surface area contributed by atoms with Crippen molar-refractivity contribution in [1.82, 2.24) is 0 Å². The molecule has 1 fully saturated rings. The number of carboxylic acids is 1. The summed E-state index contributed by atoms with van der Waals surface area (Å²) in [7, 11) is -5.18. The van der Waals surface area contributed by atoms with Crippen LogP contribution >= 0.6 is 11.3 Å². The normalized spacial score (nSPS) is 22.1. The van der Waals surface area contributed by atoms with Gasteiger partial charge in [-0.2, -0.15) is 0 Å². The van der Waals surface area contributed by atoms with Gasteiger partial charge in [0.1, 0.15) is 4.75 Å². The summed E-state index contributed by atoms with van der Waals surface area (Å²) in [5.41, 5.74) is 0. The fraction of sp³-hybridized carbons (Fsp3) is 0.458. The number of rotatable bonds is 7. The van der Waals surface area contributed by atoms with Gasteiger partial charge < -0.3 is 9.52 Å². The Balaban J connectivity index is 1.84. The van der Waals surface area contributed by atoms with E-state index in [1.54, 1.807) is 6.26 Å². The van der Waals surface area contributed by atoms with Crippen LogP contribution in [0.2, 0.25) is 25.7 Å². The van der Waals surface area contributed by atoms with Crippen molar-refractivity contribution < 1.29 is 22.7 Å². The third kappa shape index (κ3) is 4.08. The summed E-state index contributed by atoms with van der Waals surface area (Å²) in [6.07, 6.45) is 3.75. The van der Waals surface area contributed by atoms with Gasteiger partial charge in [0.05, 0.1) is 22.8 Å². The highest BCUT2D eigenvalue weighted by molar-refractivity contribution is 7.92. The molecule has 1 saturated heterocycles. The molecule has 3 aromatic rings. The topological polar surface area (TPSA) is 84.6 Å². The van der Waals surface area contributed by atoms with E-state index in [9.17, 15) is 18.3 Å². The summed E-state index contributed by atoms with van der Waals surface area (Å²) in [6, 6.07) is 12.3. The smallest absolute Gasteiger partial charge is 0.308 e. The van der Waals surface area contributed by atoms with E-state index in [4.69, 9.17) is 4.42 Å². The van der Waals surface area contributed by atoms with E-state index in [1.165, 1.54) is 11.3 Å². The third-order valence-electron chi connectivity index (χ3n) is 6.57. The van der Waals surface area contributed by atoms with Crippen molar-refractivity contribution in [3.63, 3.8) is 0 Å². The molecule has 0 amide bonds. The molecule has 3 heterocycles. The van der Waals surface area contributed by atoms with Crippen LogP contribution in [-0.4, -0.2) is 33.3 Å². The Bertz CT molecular complexity index is 1230. The van der Waals surface area contributed by atoms with Gasteiger partial charge in [-0.25, -0.2) is 8.42 Å². The van der Waals surface area contributed by atoms with Gasteiger partial charge in [-0.05, 0) is 31.4 Å². The standard InChI is InChI=1S/C24H30O5S2Si/c1-32(2,3)15-12-19(23(25)26)24(13-6-7-14-31(24,27)28)21-11-10-20(30-21)22-18-9-5-4-8-17(18)16-29-22/h4-5,8-11,16,19H,6-7,12-15H2,1-3H3,(H,25,26)/t19?,24-/m0/s1. The van der Waals surface area contributed by atoms with Crippen molar-refractivity contribution in [3.8, 4) is 10.6 Å². The van der Waals surface area contributed by atoms with Crippen LogP contribution in [0.25, 0.3) is 21.4 Å². The molecule has 8 heteroatoms. The molecule has 1 aliphatic rings. The fourth-order valence-corrected chi connectivity index (χ4v) is 10.1. The summed E-state index contributed by atoms with van der Waals surface area (Å²) < 4.78 is 31.7. The van der Waals surface area contributed by atoms with Gasteiger partial charge in [0.15, 0.2) is 15.6 Å². The van der Waals surface area contributed by atoms with Crippen LogP contribution in [0.15, 0.2) is 47.1 Å². The van der Waals surface area contributed by atoms with Crippen molar-refractivity contribution in [2.24, 2.45) is 5.92 Å². The average Bonchev–Trinajstić information content (AvgIpc) is 3.35. The van der Waals surface area contributed by atoms with Gasteiger partial charge in [0.2, 0.25) is 0 Å². The van der Waals surface area contributed by atoms with E-state index in [0.29, 0.717) is 36.3 Å². The number of carbonyl (C=O) groups is 1. The highest BCUT2D eigenvalue weighted by Crippen LogP contribution is 2.52. The maximum atomic E-state index is 13.6. The quantitative estimate of drug-likeness (QED) is 0.388. The first-order valence-electron chi connectivity index (χ1n) is 11.1. The molecular weight excluding hydrogens is 460 g/mol. The molecule has 1 aromatic carbocycles. The lowest BCUT2D eigenvalue weighted by Crippen LogP contribution is -2.49. The molecule has 0 aliphatic carbocycles. The number of furan rings is 1. The molecule has 0 spiro atoms. The number of hydrogen-bond donors (Lipinski definition) is 1. The summed E-state index contributed by atoms with van der Waals surface area (Å²) in [6.45, 7) is 6.58. The number of sulfone groups is 1. The second-order valence-electron chi connectivity index (χ2n) is 9.97. The van der Waals surface area contributed by atoms with E-state index in [-0.39, 0.29) is 5.75 Å². The van der Waals surface area contributed by atoms with Gasteiger partial charge >= 0.3 is 5.97 Å². The van der Waals surface area contributed by atoms with Gasteiger partial charge in [-0.1, -0.05) is 56.4 Å². The van der Waals surface area contributed by atoms with Crippen LogP contribution < -0.4 is 0 Å². The highest BCUT2D eigenvalue weighted by Gasteiger charge is 2.56. The Morgan fingerprint density at radius 1 is 1.19 bits per heavy atom. The maximum absolute atomic E-state index is 13.6. The van der Waals surface area contributed by atoms with Crippen molar-refractivity contribution >= 4 is 46.0 Å². The fourth-order valence-electron chi connectivity index (χ4n) is 4.86. The Morgan fingerprint density at radius 3 is 2.62 bits per heavy atom. The maximum Gasteiger partial charge on any atom is 0.308 e. The number of benzene rings is 1. The summed E-state index contributed by atoms with van der Waals surface area (Å²) in [5, 5.41) is 12.2. The Kier molecular flexibility index (Phi) is 6.15. The molecule has 2 aromatic heterocycles. The second-order valence-corrected chi connectivity index (χ2v) is 19.0. The summed E-state index contributed by atoms with van der Waals surface area (Å²) in [4.78, 5) is 14.0. The van der Waals surface area contributed by atoms with Crippen LogP contribution in [0.1, 0.15) is 30.6 Å². The first-order valence-corrected chi connectivity index (χ1v) is 17.2. The van der Waals surface area contributed by atoms with Crippen LogP contribution in [-0.2, 0) is 19.4 Å². The number of hydrogen-bond acceptors (Lipinski definition) is 5. The first kappa shape index (κ1) is 23.3. The van der Waals surface area contributed by atoms with Crippen LogP contribution in [0, 0.1) is 5.92 Å².